The van der Waals surface area contributed by atoms with Crippen LogP contribution in [0.2, 0.25) is 0 Å². The van der Waals surface area contributed by atoms with Crippen molar-refractivity contribution in [1.82, 2.24) is 5.32 Å². The van der Waals surface area contributed by atoms with Gasteiger partial charge in [-0.1, -0.05) is 54.1 Å². The fraction of sp³-hybridized carbons (Fsp3) is 0.240. The first kappa shape index (κ1) is 23.3. The predicted molar refractivity (Wildman–Crippen MR) is 126 cm³/mol. The summed E-state index contributed by atoms with van der Waals surface area (Å²) >= 11 is 0. The summed E-state index contributed by atoms with van der Waals surface area (Å²) in [6, 6.07) is 20.7. The van der Waals surface area contributed by atoms with Gasteiger partial charge in [0.05, 0.1) is 23.7 Å². The minimum absolute atomic E-state index is 0.130. The van der Waals surface area contributed by atoms with Gasteiger partial charge in [-0.05, 0) is 50.6 Å². The number of amides is 1. The van der Waals surface area contributed by atoms with Gasteiger partial charge in [0.2, 0.25) is 5.91 Å². The zero-order chi connectivity index (χ0) is 23.3. The Hall–Kier alpha value is -3.32. The van der Waals surface area contributed by atoms with Crippen molar-refractivity contribution in [1.29, 1.82) is 0 Å². The number of nitrogens with zero attached hydrogens (tertiary/aromatic N) is 1. The fourth-order valence-corrected chi connectivity index (χ4v) is 5.13. The first-order valence-corrected chi connectivity index (χ1v) is 11.8. The van der Waals surface area contributed by atoms with Gasteiger partial charge in [-0.3, -0.25) is 9.10 Å². The van der Waals surface area contributed by atoms with E-state index in [1.807, 2.05) is 57.2 Å². The molecule has 0 spiro atoms. The second-order valence-electron chi connectivity index (χ2n) is 7.65. The van der Waals surface area contributed by atoms with Crippen LogP contribution in [-0.4, -0.2) is 28.0 Å². The molecule has 0 saturated carbocycles. The normalized spacial score (nSPS) is 12.1. The molecule has 0 aliphatic rings. The SMILES string of the molecule is COc1ccccc1[C@H](C)NC(=O)CN(c1ccc(C)cc1C)S(=O)(=O)c1ccccc1. The average molecular weight is 453 g/mol. The molecular weight excluding hydrogens is 424 g/mol. The van der Waals surface area contributed by atoms with E-state index in [-0.39, 0.29) is 17.5 Å². The van der Waals surface area contributed by atoms with E-state index in [4.69, 9.17) is 4.74 Å². The summed E-state index contributed by atoms with van der Waals surface area (Å²) < 4.78 is 33.5. The van der Waals surface area contributed by atoms with E-state index in [9.17, 15) is 13.2 Å². The van der Waals surface area contributed by atoms with E-state index >= 15 is 0 Å². The quantitative estimate of drug-likeness (QED) is 0.550. The highest BCUT2D eigenvalue weighted by Crippen LogP contribution is 2.28. The summed E-state index contributed by atoms with van der Waals surface area (Å²) in [7, 11) is -2.38. The smallest absolute Gasteiger partial charge is 0.264 e. The number of aryl methyl sites for hydroxylation is 2. The summed E-state index contributed by atoms with van der Waals surface area (Å²) in [4.78, 5) is 13.1. The zero-order valence-electron chi connectivity index (χ0n) is 18.7. The molecule has 0 heterocycles. The lowest BCUT2D eigenvalue weighted by Gasteiger charge is -2.27. The van der Waals surface area contributed by atoms with Crippen molar-refractivity contribution in [2.45, 2.75) is 31.7 Å². The topological polar surface area (TPSA) is 75.7 Å². The number of sulfonamides is 1. The highest BCUT2D eigenvalue weighted by molar-refractivity contribution is 7.92. The van der Waals surface area contributed by atoms with Gasteiger partial charge in [0.15, 0.2) is 0 Å². The lowest BCUT2D eigenvalue weighted by molar-refractivity contribution is -0.120. The van der Waals surface area contributed by atoms with Crippen molar-refractivity contribution in [2.75, 3.05) is 18.0 Å². The van der Waals surface area contributed by atoms with Crippen molar-refractivity contribution < 1.29 is 17.9 Å². The molecule has 0 aliphatic carbocycles. The van der Waals surface area contributed by atoms with E-state index in [0.29, 0.717) is 11.4 Å². The van der Waals surface area contributed by atoms with Crippen molar-refractivity contribution in [3.05, 3.63) is 89.5 Å². The lowest BCUT2D eigenvalue weighted by atomic mass is 10.1. The van der Waals surface area contributed by atoms with Gasteiger partial charge in [-0.25, -0.2) is 8.42 Å². The minimum atomic E-state index is -3.95. The number of ether oxygens (including phenoxy) is 1. The second-order valence-corrected chi connectivity index (χ2v) is 9.51. The van der Waals surface area contributed by atoms with Crippen LogP contribution in [0, 0.1) is 13.8 Å². The summed E-state index contributed by atoms with van der Waals surface area (Å²) in [5.41, 5.74) is 3.07. The molecule has 0 aliphatic heterocycles. The Bertz CT molecular complexity index is 1190. The average Bonchev–Trinajstić information content (AvgIpc) is 2.78. The number of methoxy groups -OCH3 is 1. The molecule has 1 N–H and O–H groups in total. The van der Waals surface area contributed by atoms with Crippen LogP contribution in [0.4, 0.5) is 5.69 Å². The Kier molecular flexibility index (Phi) is 7.20. The van der Waals surface area contributed by atoms with Crippen LogP contribution in [0.3, 0.4) is 0 Å². The van der Waals surface area contributed by atoms with Crippen LogP contribution >= 0.6 is 0 Å². The van der Waals surface area contributed by atoms with Crippen molar-refractivity contribution in [3.63, 3.8) is 0 Å². The monoisotopic (exact) mass is 452 g/mol. The van der Waals surface area contributed by atoms with Crippen LogP contribution in [0.25, 0.3) is 0 Å². The summed E-state index contributed by atoms with van der Waals surface area (Å²) in [5.74, 6) is 0.242. The van der Waals surface area contributed by atoms with E-state index < -0.39 is 15.9 Å². The Labute approximate surface area is 189 Å². The molecule has 6 nitrogen and oxygen atoms in total. The molecule has 0 aromatic heterocycles. The largest absolute Gasteiger partial charge is 0.496 e. The number of carbonyl (C=O) groups excluding carboxylic acids is 1. The molecule has 32 heavy (non-hydrogen) atoms. The molecule has 168 valence electrons. The van der Waals surface area contributed by atoms with Crippen LogP contribution in [0.5, 0.6) is 5.75 Å². The van der Waals surface area contributed by atoms with Crippen molar-refractivity contribution in [3.8, 4) is 5.75 Å². The standard InChI is InChI=1S/C25H28N2O4S/c1-18-14-15-23(19(2)16-18)27(32(29,30)21-10-6-5-7-11-21)17-25(28)26-20(3)22-12-8-9-13-24(22)31-4/h5-16,20H,17H2,1-4H3,(H,26,28)/t20-/m0/s1. The van der Waals surface area contributed by atoms with Crippen LogP contribution in [0.15, 0.2) is 77.7 Å². The van der Waals surface area contributed by atoms with Crippen molar-refractivity contribution >= 4 is 21.6 Å². The molecule has 0 saturated heterocycles. The Morgan fingerprint density at radius 3 is 2.31 bits per heavy atom. The van der Waals surface area contributed by atoms with Gasteiger partial charge < -0.3 is 10.1 Å². The summed E-state index contributed by atoms with van der Waals surface area (Å²) in [6.07, 6.45) is 0. The minimum Gasteiger partial charge on any atom is -0.496 e. The number of anilines is 1. The predicted octanol–water partition coefficient (Wildman–Crippen LogP) is 4.38. The van der Waals surface area contributed by atoms with Crippen LogP contribution in [-0.2, 0) is 14.8 Å². The highest BCUT2D eigenvalue weighted by Gasteiger charge is 2.28. The zero-order valence-corrected chi connectivity index (χ0v) is 19.5. The third kappa shape index (κ3) is 5.11. The third-order valence-electron chi connectivity index (χ3n) is 5.22. The summed E-state index contributed by atoms with van der Waals surface area (Å²) in [6.45, 7) is 5.27. The molecule has 3 aromatic carbocycles. The molecule has 0 radical (unpaired) electrons. The van der Waals surface area contributed by atoms with Crippen molar-refractivity contribution in [2.24, 2.45) is 0 Å². The van der Waals surface area contributed by atoms with Gasteiger partial charge in [-0.15, -0.1) is 0 Å². The maximum atomic E-state index is 13.5. The van der Waals surface area contributed by atoms with E-state index in [0.717, 1.165) is 16.7 Å². The fourth-order valence-electron chi connectivity index (χ4n) is 3.62. The molecule has 3 aromatic rings. The Balaban J connectivity index is 1.93. The van der Waals surface area contributed by atoms with Gasteiger partial charge in [0, 0.05) is 5.56 Å². The number of para-hydroxylation sites is 1. The molecule has 1 atom stereocenters. The third-order valence-corrected chi connectivity index (χ3v) is 7.00. The number of rotatable bonds is 8. The molecule has 0 bridgehead atoms. The maximum Gasteiger partial charge on any atom is 0.264 e. The maximum absolute atomic E-state index is 13.5. The second kappa shape index (κ2) is 9.87. The van der Waals surface area contributed by atoms with Gasteiger partial charge in [-0.2, -0.15) is 0 Å². The van der Waals surface area contributed by atoms with Gasteiger partial charge >= 0.3 is 0 Å². The van der Waals surface area contributed by atoms with E-state index in [1.54, 1.807) is 31.4 Å². The Morgan fingerprint density at radius 1 is 1.00 bits per heavy atom. The first-order chi connectivity index (χ1) is 15.2. The first-order valence-electron chi connectivity index (χ1n) is 10.3. The number of benzene rings is 3. The van der Waals surface area contributed by atoms with Crippen LogP contribution in [0.1, 0.15) is 29.7 Å². The number of hydrogen-bond donors (Lipinski definition) is 1. The van der Waals surface area contributed by atoms with Gasteiger partial charge in [0.1, 0.15) is 12.3 Å². The molecule has 0 fully saturated rings. The molecule has 3 rings (SSSR count). The van der Waals surface area contributed by atoms with E-state index in [1.165, 1.54) is 16.4 Å². The number of hydrogen-bond acceptors (Lipinski definition) is 4. The summed E-state index contributed by atoms with van der Waals surface area (Å²) in [5, 5.41) is 2.90. The van der Waals surface area contributed by atoms with E-state index in [2.05, 4.69) is 5.32 Å². The molecular formula is C25H28N2O4S. The molecule has 1 amide bonds. The highest BCUT2D eigenvalue weighted by atomic mass is 32.2. The van der Waals surface area contributed by atoms with Gasteiger partial charge in [0.25, 0.3) is 10.0 Å². The lowest BCUT2D eigenvalue weighted by Crippen LogP contribution is -2.42. The number of carbonyl (C=O) groups is 1. The molecule has 7 heteroatoms. The Morgan fingerprint density at radius 2 is 1.66 bits per heavy atom. The molecule has 0 unspecified atom stereocenters. The number of nitrogens with one attached hydrogen (secondary N) is 1. The van der Waals surface area contributed by atoms with Crippen LogP contribution < -0.4 is 14.4 Å².